The molecule has 98 valence electrons. The molecule has 0 fully saturated rings. The Morgan fingerprint density at radius 2 is 1.94 bits per heavy atom. The van der Waals surface area contributed by atoms with E-state index in [0.717, 1.165) is 5.56 Å². The molecular formula is C13H16O4S. The van der Waals surface area contributed by atoms with Crippen LogP contribution in [0.4, 0.5) is 0 Å². The molecule has 0 saturated heterocycles. The molecule has 0 atom stereocenters. The van der Waals surface area contributed by atoms with Crippen LogP contribution in [0.1, 0.15) is 15.9 Å². The summed E-state index contributed by atoms with van der Waals surface area (Å²) < 4.78 is 9.68. The van der Waals surface area contributed by atoms with E-state index in [1.165, 1.54) is 26.0 Å². The number of ketones is 1. The van der Waals surface area contributed by atoms with E-state index >= 15 is 0 Å². The Morgan fingerprint density at radius 1 is 1.22 bits per heavy atom. The van der Waals surface area contributed by atoms with Crippen LogP contribution >= 0.6 is 11.8 Å². The molecule has 0 bridgehead atoms. The van der Waals surface area contributed by atoms with Gasteiger partial charge < -0.3 is 9.47 Å². The standard InChI is InChI=1S/C13H16O4S/c1-9-4-5-10(12(6-9)16-2)11(14)7-18-8-13(15)17-3/h4-6H,7-8H2,1-3H3. The molecule has 1 rings (SSSR count). The number of ether oxygens (including phenoxy) is 2. The molecule has 0 aliphatic rings. The van der Waals surface area contributed by atoms with Gasteiger partial charge in [0.2, 0.25) is 0 Å². The summed E-state index contributed by atoms with van der Waals surface area (Å²) in [7, 11) is 2.86. The maximum Gasteiger partial charge on any atom is 0.315 e. The van der Waals surface area contributed by atoms with E-state index in [2.05, 4.69) is 4.74 Å². The second kappa shape index (κ2) is 7.06. The number of carbonyl (C=O) groups excluding carboxylic acids is 2. The highest BCUT2D eigenvalue weighted by Gasteiger charge is 2.13. The van der Waals surface area contributed by atoms with Crippen LogP contribution in [0.3, 0.4) is 0 Å². The largest absolute Gasteiger partial charge is 0.496 e. The topological polar surface area (TPSA) is 52.6 Å². The minimum absolute atomic E-state index is 0.0549. The maximum atomic E-state index is 12.0. The zero-order valence-electron chi connectivity index (χ0n) is 10.7. The molecule has 1 aromatic carbocycles. The van der Waals surface area contributed by atoms with Crippen LogP contribution in [-0.4, -0.2) is 37.5 Å². The van der Waals surface area contributed by atoms with Gasteiger partial charge in [-0.05, 0) is 24.6 Å². The van der Waals surface area contributed by atoms with Crippen LogP contribution < -0.4 is 4.74 Å². The van der Waals surface area contributed by atoms with Crippen molar-refractivity contribution in [3.63, 3.8) is 0 Å². The summed E-state index contributed by atoms with van der Waals surface area (Å²) >= 11 is 1.23. The number of thioether (sulfide) groups is 1. The van der Waals surface area contributed by atoms with E-state index in [0.29, 0.717) is 11.3 Å². The Labute approximate surface area is 111 Å². The molecule has 0 spiro atoms. The molecule has 0 aromatic heterocycles. The zero-order chi connectivity index (χ0) is 13.5. The zero-order valence-corrected chi connectivity index (χ0v) is 11.5. The van der Waals surface area contributed by atoms with Crippen LogP contribution in [0.25, 0.3) is 0 Å². The summed E-state index contributed by atoms with van der Waals surface area (Å²) in [6.07, 6.45) is 0. The van der Waals surface area contributed by atoms with E-state index < -0.39 is 0 Å². The molecule has 0 amide bonds. The average Bonchev–Trinajstić information content (AvgIpc) is 2.37. The van der Waals surface area contributed by atoms with Crippen molar-refractivity contribution in [2.24, 2.45) is 0 Å². The van der Waals surface area contributed by atoms with Crippen LogP contribution in [0.2, 0.25) is 0 Å². The SMILES string of the molecule is COC(=O)CSCC(=O)c1ccc(C)cc1OC. The second-order valence-electron chi connectivity index (χ2n) is 3.70. The van der Waals surface area contributed by atoms with E-state index in [-0.39, 0.29) is 23.3 Å². The maximum absolute atomic E-state index is 12.0. The van der Waals surface area contributed by atoms with Crippen molar-refractivity contribution in [1.29, 1.82) is 0 Å². The first kappa shape index (κ1) is 14.6. The fourth-order valence-electron chi connectivity index (χ4n) is 1.39. The predicted molar refractivity (Wildman–Crippen MR) is 71.4 cm³/mol. The van der Waals surface area contributed by atoms with Crippen LogP contribution in [0, 0.1) is 6.92 Å². The number of hydrogen-bond donors (Lipinski definition) is 0. The lowest BCUT2D eigenvalue weighted by atomic mass is 10.1. The predicted octanol–water partition coefficient (Wildman–Crippen LogP) is 2.09. The van der Waals surface area contributed by atoms with E-state index in [1.54, 1.807) is 6.07 Å². The highest BCUT2D eigenvalue weighted by molar-refractivity contribution is 8.00. The van der Waals surface area contributed by atoms with Gasteiger partial charge >= 0.3 is 5.97 Å². The third-order valence-corrected chi connectivity index (χ3v) is 3.24. The highest BCUT2D eigenvalue weighted by atomic mass is 32.2. The van der Waals surface area contributed by atoms with Crippen LogP contribution in [-0.2, 0) is 9.53 Å². The Balaban J connectivity index is 2.64. The van der Waals surface area contributed by atoms with Crippen LogP contribution in [0.5, 0.6) is 5.75 Å². The highest BCUT2D eigenvalue weighted by Crippen LogP contribution is 2.21. The Bertz CT molecular complexity index is 443. The van der Waals surface area contributed by atoms with Crippen molar-refractivity contribution in [2.75, 3.05) is 25.7 Å². The summed E-state index contributed by atoms with van der Waals surface area (Å²) in [5.41, 5.74) is 1.58. The van der Waals surface area contributed by atoms with Crippen LogP contribution in [0.15, 0.2) is 18.2 Å². The number of benzene rings is 1. The van der Waals surface area contributed by atoms with Gasteiger partial charge in [0.25, 0.3) is 0 Å². The molecule has 0 unspecified atom stereocenters. The number of rotatable bonds is 6. The van der Waals surface area contributed by atoms with Gasteiger partial charge in [-0.3, -0.25) is 9.59 Å². The monoisotopic (exact) mass is 268 g/mol. The first-order valence-corrected chi connectivity index (χ1v) is 6.56. The molecule has 0 N–H and O–H groups in total. The quantitative estimate of drug-likeness (QED) is 0.584. The van der Waals surface area contributed by atoms with Gasteiger partial charge in [-0.1, -0.05) is 6.07 Å². The number of esters is 1. The lowest BCUT2D eigenvalue weighted by molar-refractivity contribution is -0.137. The number of Topliss-reactive ketones (excluding diaryl/α,β-unsaturated/α-hetero) is 1. The fourth-order valence-corrected chi connectivity index (χ4v) is 2.12. The minimum Gasteiger partial charge on any atom is -0.496 e. The summed E-state index contributed by atoms with van der Waals surface area (Å²) in [5.74, 6) is 0.591. The molecule has 0 aliphatic heterocycles. The van der Waals surface area contributed by atoms with Crippen molar-refractivity contribution in [3.8, 4) is 5.75 Å². The van der Waals surface area contributed by atoms with Crippen molar-refractivity contribution < 1.29 is 19.1 Å². The molecule has 0 saturated carbocycles. The smallest absolute Gasteiger partial charge is 0.315 e. The van der Waals surface area contributed by atoms with Crippen molar-refractivity contribution in [1.82, 2.24) is 0 Å². The third-order valence-electron chi connectivity index (χ3n) is 2.34. The molecule has 0 aliphatic carbocycles. The number of carbonyl (C=O) groups is 2. The molecule has 4 nitrogen and oxygen atoms in total. The lowest BCUT2D eigenvalue weighted by Crippen LogP contribution is -2.09. The minimum atomic E-state index is -0.330. The summed E-state index contributed by atoms with van der Waals surface area (Å²) in [6, 6.07) is 5.42. The summed E-state index contributed by atoms with van der Waals surface area (Å²) in [5, 5.41) is 0. The van der Waals surface area contributed by atoms with E-state index in [4.69, 9.17) is 4.74 Å². The summed E-state index contributed by atoms with van der Waals surface area (Å²) in [4.78, 5) is 22.9. The van der Waals surface area contributed by atoms with Crippen molar-refractivity contribution in [2.45, 2.75) is 6.92 Å². The van der Waals surface area contributed by atoms with Crippen molar-refractivity contribution in [3.05, 3.63) is 29.3 Å². The third kappa shape index (κ3) is 4.07. The molecule has 0 heterocycles. The summed E-state index contributed by atoms with van der Waals surface area (Å²) in [6.45, 7) is 1.93. The van der Waals surface area contributed by atoms with Gasteiger partial charge in [0.1, 0.15) is 5.75 Å². The molecule has 5 heteroatoms. The Hall–Kier alpha value is -1.49. The molecule has 0 radical (unpaired) electrons. The van der Waals surface area contributed by atoms with E-state index in [1.807, 2.05) is 19.1 Å². The second-order valence-corrected chi connectivity index (χ2v) is 4.68. The van der Waals surface area contributed by atoms with Crippen molar-refractivity contribution >= 4 is 23.5 Å². The van der Waals surface area contributed by atoms with Gasteiger partial charge in [-0.15, -0.1) is 11.8 Å². The Morgan fingerprint density at radius 3 is 2.56 bits per heavy atom. The average molecular weight is 268 g/mol. The first-order valence-electron chi connectivity index (χ1n) is 5.41. The number of hydrogen-bond acceptors (Lipinski definition) is 5. The lowest BCUT2D eigenvalue weighted by Gasteiger charge is -2.08. The number of methoxy groups -OCH3 is 2. The molecule has 1 aromatic rings. The van der Waals surface area contributed by atoms with Gasteiger partial charge in [0, 0.05) is 0 Å². The molecule has 18 heavy (non-hydrogen) atoms. The molecular weight excluding hydrogens is 252 g/mol. The van der Waals surface area contributed by atoms with Gasteiger partial charge in [-0.2, -0.15) is 0 Å². The van der Waals surface area contributed by atoms with Gasteiger partial charge in [0.05, 0.1) is 31.3 Å². The van der Waals surface area contributed by atoms with E-state index in [9.17, 15) is 9.59 Å². The number of aryl methyl sites for hydroxylation is 1. The fraction of sp³-hybridized carbons (Fsp3) is 0.385. The van der Waals surface area contributed by atoms with Gasteiger partial charge in [0.15, 0.2) is 5.78 Å². The van der Waals surface area contributed by atoms with Gasteiger partial charge in [-0.25, -0.2) is 0 Å². The Kier molecular flexibility index (Phi) is 5.71. The first-order chi connectivity index (χ1) is 8.58. The normalized spacial score (nSPS) is 9.94.